The van der Waals surface area contributed by atoms with Crippen LogP contribution >= 0.6 is 0 Å². The summed E-state index contributed by atoms with van der Waals surface area (Å²) in [5.74, 6) is 0. The molecule has 52 heavy (non-hydrogen) atoms. The zero-order valence-corrected chi connectivity index (χ0v) is 28.5. The molecule has 0 aliphatic rings. The van der Waals surface area contributed by atoms with Crippen LogP contribution in [0.15, 0.2) is 206 Å². The van der Waals surface area contributed by atoms with Gasteiger partial charge in [-0.15, -0.1) is 0 Å². The molecule has 10 rings (SSSR count). The van der Waals surface area contributed by atoms with Gasteiger partial charge in [-0.2, -0.15) is 0 Å². The molecule has 0 spiro atoms. The number of para-hydroxylation sites is 3. The molecule has 0 unspecified atom stereocenters. The molecule has 0 amide bonds. The lowest BCUT2D eigenvalue weighted by Gasteiger charge is -2.29. The summed E-state index contributed by atoms with van der Waals surface area (Å²) in [5.41, 5.74) is 11.6. The normalized spacial score (nSPS) is 11.5. The monoisotopic (exact) mass is 662 g/mol. The molecule has 0 radical (unpaired) electrons. The minimum Gasteiger partial charge on any atom is -0.310 e. The van der Waals surface area contributed by atoms with Gasteiger partial charge >= 0.3 is 0 Å². The van der Waals surface area contributed by atoms with Gasteiger partial charge in [-0.05, 0) is 92.8 Å². The van der Waals surface area contributed by atoms with Gasteiger partial charge in [0.05, 0.1) is 16.7 Å². The van der Waals surface area contributed by atoms with E-state index in [1.54, 1.807) is 0 Å². The molecule has 1 aromatic heterocycles. The molecule has 0 aliphatic heterocycles. The predicted molar refractivity (Wildman–Crippen MR) is 221 cm³/mol. The topological polar surface area (TPSA) is 8.17 Å². The Bertz CT molecular complexity index is 2890. The first kappa shape index (κ1) is 30.0. The van der Waals surface area contributed by atoms with Gasteiger partial charge in [0.15, 0.2) is 0 Å². The number of hydrogen-bond acceptors (Lipinski definition) is 1. The van der Waals surface area contributed by atoms with Gasteiger partial charge in [-0.3, -0.25) is 0 Å². The van der Waals surface area contributed by atoms with Crippen molar-refractivity contribution in [3.05, 3.63) is 206 Å². The van der Waals surface area contributed by atoms with Gasteiger partial charge in [0.2, 0.25) is 0 Å². The van der Waals surface area contributed by atoms with Crippen LogP contribution in [0.25, 0.3) is 71.3 Å². The average molecular weight is 663 g/mol. The Kier molecular flexibility index (Phi) is 7.18. The number of hydrogen-bond donors (Lipinski definition) is 0. The molecular weight excluding hydrogens is 629 g/mol. The fraction of sp³-hybridized carbons (Fsp3) is 0. The molecule has 244 valence electrons. The zero-order valence-electron chi connectivity index (χ0n) is 28.5. The molecule has 0 N–H and O–H groups in total. The van der Waals surface area contributed by atoms with E-state index in [1.807, 2.05) is 0 Å². The van der Waals surface area contributed by atoms with Gasteiger partial charge in [-0.25, -0.2) is 0 Å². The third-order valence-corrected chi connectivity index (χ3v) is 10.3. The van der Waals surface area contributed by atoms with Crippen LogP contribution in [0.4, 0.5) is 17.1 Å². The van der Waals surface area contributed by atoms with E-state index >= 15 is 0 Å². The summed E-state index contributed by atoms with van der Waals surface area (Å²) >= 11 is 0. The first-order valence-corrected chi connectivity index (χ1v) is 17.9. The second-order valence-electron chi connectivity index (χ2n) is 13.3. The second-order valence-corrected chi connectivity index (χ2v) is 13.3. The fourth-order valence-corrected chi connectivity index (χ4v) is 8.09. The number of anilines is 3. The molecule has 0 fully saturated rings. The Labute approximate surface area is 303 Å². The van der Waals surface area contributed by atoms with Gasteiger partial charge in [0.1, 0.15) is 0 Å². The van der Waals surface area contributed by atoms with Gasteiger partial charge in [0.25, 0.3) is 0 Å². The predicted octanol–water partition coefficient (Wildman–Crippen LogP) is 13.9. The van der Waals surface area contributed by atoms with Crippen LogP contribution in [-0.4, -0.2) is 4.57 Å². The highest BCUT2D eigenvalue weighted by Crippen LogP contribution is 2.48. The van der Waals surface area contributed by atoms with Crippen molar-refractivity contribution >= 4 is 60.4 Å². The highest BCUT2D eigenvalue weighted by atomic mass is 15.1. The SMILES string of the molecule is c1ccc(-c2c(-c3cc4ccccc4c4ccccc34)cccc2N(c2ccccc2)c2ccc3c4ccccc4n(-c4ccccc4)c3c2)cc1. The summed E-state index contributed by atoms with van der Waals surface area (Å²) in [4.78, 5) is 2.43. The third kappa shape index (κ3) is 4.88. The average Bonchev–Trinajstić information content (AvgIpc) is 3.55. The largest absolute Gasteiger partial charge is 0.310 e. The highest BCUT2D eigenvalue weighted by Gasteiger charge is 2.23. The summed E-state index contributed by atoms with van der Waals surface area (Å²) in [5, 5.41) is 7.49. The standard InChI is InChI=1S/C50H34N2/c1-4-17-35(18-5-1)50-45(46-33-36-19-10-11-24-40(36)41-25-12-13-26-42(41)46)28-16-30-48(50)51(37-20-6-2-7-21-37)39-31-32-44-43-27-14-15-29-47(43)52(49(44)34-39)38-22-8-3-9-23-38/h1-34H. The van der Waals surface area contributed by atoms with Crippen LogP contribution in [0, 0.1) is 0 Å². The molecule has 10 aromatic rings. The molecular formula is C50H34N2. The molecule has 0 aliphatic carbocycles. The zero-order chi connectivity index (χ0) is 34.4. The van der Waals surface area contributed by atoms with Crippen LogP contribution in [0.1, 0.15) is 0 Å². The van der Waals surface area contributed by atoms with E-state index in [-0.39, 0.29) is 0 Å². The smallest absolute Gasteiger partial charge is 0.0561 e. The van der Waals surface area contributed by atoms with Gasteiger partial charge in [0, 0.05) is 33.4 Å². The van der Waals surface area contributed by atoms with E-state index < -0.39 is 0 Å². The molecule has 0 saturated carbocycles. The van der Waals surface area contributed by atoms with Crippen LogP contribution in [-0.2, 0) is 0 Å². The molecule has 0 atom stereocenters. The lowest BCUT2D eigenvalue weighted by molar-refractivity contribution is 1.18. The fourth-order valence-electron chi connectivity index (χ4n) is 8.09. The maximum absolute atomic E-state index is 2.43. The Balaban J connectivity index is 1.29. The van der Waals surface area contributed by atoms with E-state index in [1.165, 1.54) is 65.6 Å². The Morgan fingerprint density at radius 3 is 1.75 bits per heavy atom. The van der Waals surface area contributed by atoms with Crippen molar-refractivity contribution < 1.29 is 0 Å². The minimum atomic E-state index is 1.09. The van der Waals surface area contributed by atoms with Crippen molar-refractivity contribution in [2.75, 3.05) is 4.90 Å². The maximum Gasteiger partial charge on any atom is 0.0561 e. The highest BCUT2D eigenvalue weighted by molar-refractivity contribution is 6.16. The number of nitrogens with zero attached hydrogens (tertiary/aromatic N) is 2. The van der Waals surface area contributed by atoms with E-state index in [9.17, 15) is 0 Å². The number of rotatable bonds is 6. The van der Waals surface area contributed by atoms with Crippen LogP contribution in [0.2, 0.25) is 0 Å². The number of aromatic nitrogens is 1. The summed E-state index contributed by atoms with van der Waals surface area (Å²) < 4.78 is 2.40. The summed E-state index contributed by atoms with van der Waals surface area (Å²) in [7, 11) is 0. The van der Waals surface area contributed by atoms with Gasteiger partial charge in [-0.1, -0.05) is 152 Å². The Morgan fingerprint density at radius 2 is 0.962 bits per heavy atom. The number of benzene rings is 9. The van der Waals surface area contributed by atoms with E-state index in [0.29, 0.717) is 0 Å². The quantitative estimate of drug-likeness (QED) is 0.161. The van der Waals surface area contributed by atoms with Crippen LogP contribution in [0.5, 0.6) is 0 Å². The molecule has 1 heterocycles. The van der Waals surface area contributed by atoms with Crippen molar-refractivity contribution in [2.45, 2.75) is 0 Å². The van der Waals surface area contributed by atoms with Crippen molar-refractivity contribution in [2.24, 2.45) is 0 Å². The Hall–Kier alpha value is -6.90. The van der Waals surface area contributed by atoms with E-state index in [2.05, 4.69) is 216 Å². The second kappa shape index (κ2) is 12.5. The summed E-state index contributed by atoms with van der Waals surface area (Å²) in [6.45, 7) is 0. The summed E-state index contributed by atoms with van der Waals surface area (Å²) in [6, 6.07) is 74.7. The molecule has 2 heteroatoms. The number of fused-ring (bicyclic) bond motifs is 6. The molecule has 0 saturated heterocycles. The van der Waals surface area contributed by atoms with Crippen molar-refractivity contribution in [1.29, 1.82) is 0 Å². The van der Waals surface area contributed by atoms with Crippen molar-refractivity contribution in [3.63, 3.8) is 0 Å². The van der Waals surface area contributed by atoms with Crippen LogP contribution in [0.3, 0.4) is 0 Å². The first-order valence-electron chi connectivity index (χ1n) is 17.9. The van der Waals surface area contributed by atoms with Crippen LogP contribution < -0.4 is 4.90 Å². The molecule has 0 bridgehead atoms. The molecule has 9 aromatic carbocycles. The van der Waals surface area contributed by atoms with Gasteiger partial charge < -0.3 is 9.47 Å². The molecule has 2 nitrogen and oxygen atoms in total. The lowest BCUT2D eigenvalue weighted by Crippen LogP contribution is -2.12. The third-order valence-electron chi connectivity index (χ3n) is 10.3. The van der Waals surface area contributed by atoms with E-state index in [4.69, 9.17) is 0 Å². The van der Waals surface area contributed by atoms with Crippen molar-refractivity contribution in [3.8, 4) is 27.9 Å². The Morgan fingerprint density at radius 1 is 0.346 bits per heavy atom. The minimum absolute atomic E-state index is 1.09. The first-order chi connectivity index (χ1) is 25.8. The van der Waals surface area contributed by atoms with E-state index in [0.717, 1.165) is 22.7 Å². The summed E-state index contributed by atoms with van der Waals surface area (Å²) in [6.07, 6.45) is 0. The maximum atomic E-state index is 2.43. The van der Waals surface area contributed by atoms with Crippen molar-refractivity contribution in [1.82, 2.24) is 4.57 Å². The lowest BCUT2D eigenvalue weighted by atomic mass is 9.87.